The third-order valence-corrected chi connectivity index (χ3v) is 1.32. The number of halogens is 4. The molecule has 0 fully saturated rings. The molecule has 1 aromatic rings. The minimum absolute atomic E-state index is 0.218. The number of nitrogen functional groups attached to an aromatic ring is 1. The summed E-state index contributed by atoms with van der Waals surface area (Å²) in [4.78, 5) is 6.21. The lowest BCUT2D eigenvalue weighted by Gasteiger charge is -2.04. The normalized spacial score (nSPS) is 11.7. The summed E-state index contributed by atoms with van der Waals surface area (Å²) in [5.74, 6) is -0.218. The largest absolute Gasteiger partial charge is 0.434 e. The van der Waals surface area contributed by atoms with Crippen LogP contribution in [0.25, 0.3) is 0 Å². The van der Waals surface area contributed by atoms with Crippen molar-refractivity contribution in [2.75, 3.05) is 5.73 Å². The molecule has 1 rings (SSSR count). The molecule has 1 heterocycles. The molecule has 0 unspecified atom stereocenters. The highest BCUT2D eigenvalue weighted by Crippen LogP contribution is 2.28. The van der Waals surface area contributed by atoms with Gasteiger partial charge < -0.3 is 5.73 Å². The van der Waals surface area contributed by atoms with E-state index in [-0.39, 0.29) is 5.82 Å². The summed E-state index contributed by atoms with van der Waals surface area (Å²) in [5, 5.41) is -0.440. The molecule has 0 saturated heterocycles. The summed E-state index contributed by atoms with van der Waals surface area (Å²) in [6, 6.07) is 0. The van der Waals surface area contributed by atoms with E-state index in [4.69, 9.17) is 17.3 Å². The van der Waals surface area contributed by atoms with Gasteiger partial charge in [0.1, 0.15) is 0 Å². The van der Waals surface area contributed by atoms with Crippen molar-refractivity contribution >= 4 is 17.4 Å². The van der Waals surface area contributed by atoms with Gasteiger partial charge in [0.15, 0.2) is 16.7 Å². The second-order valence-corrected chi connectivity index (χ2v) is 2.29. The van der Waals surface area contributed by atoms with Crippen LogP contribution in [0.3, 0.4) is 0 Å². The summed E-state index contributed by atoms with van der Waals surface area (Å²) >= 11 is 5.22. The SMILES string of the molecule is Nc1ncc(C(F)(F)F)nc1Cl. The van der Waals surface area contributed by atoms with Crippen LogP contribution in [0.5, 0.6) is 0 Å². The number of nitrogens with zero attached hydrogens (tertiary/aromatic N) is 2. The maximum atomic E-state index is 11.9. The molecule has 0 aliphatic heterocycles. The van der Waals surface area contributed by atoms with Crippen molar-refractivity contribution in [3.05, 3.63) is 17.0 Å². The predicted octanol–water partition coefficient (Wildman–Crippen LogP) is 1.73. The number of hydrogen-bond donors (Lipinski definition) is 1. The van der Waals surface area contributed by atoms with Crippen molar-refractivity contribution in [2.45, 2.75) is 6.18 Å². The highest BCUT2D eigenvalue weighted by atomic mass is 35.5. The van der Waals surface area contributed by atoms with E-state index in [1.54, 1.807) is 0 Å². The minimum atomic E-state index is -4.54. The Morgan fingerprint density at radius 1 is 1.42 bits per heavy atom. The second kappa shape index (κ2) is 2.78. The van der Waals surface area contributed by atoms with E-state index in [1.165, 1.54) is 0 Å². The first-order valence-electron chi connectivity index (χ1n) is 2.76. The van der Waals surface area contributed by atoms with Gasteiger partial charge in [0.05, 0.1) is 6.20 Å². The Labute approximate surface area is 70.4 Å². The predicted molar refractivity (Wildman–Crippen MR) is 36.5 cm³/mol. The molecule has 0 aromatic carbocycles. The Morgan fingerprint density at radius 3 is 2.42 bits per heavy atom. The van der Waals surface area contributed by atoms with Crippen molar-refractivity contribution < 1.29 is 13.2 Å². The summed E-state index contributed by atoms with van der Waals surface area (Å²) < 4.78 is 35.7. The van der Waals surface area contributed by atoms with Gasteiger partial charge in [-0.1, -0.05) is 11.6 Å². The van der Waals surface area contributed by atoms with Gasteiger partial charge in [-0.05, 0) is 0 Å². The molecule has 0 spiro atoms. The summed E-state index contributed by atoms with van der Waals surface area (Å²) in [6.45, 7) is 0. The maximum absolute atomic E-state index is 11.9. The fourth-order valence-electron chi connectivity index (χ4n) is 0.512. The number of nitrogens with two attached hydrogens (primary N) is 1. The number of anilines is 1. The van der Waals surface area contributed by atoms with Crippen LogP contribution >= 0.6 is 11.6 Å². The van der Waals surface area contributed by atoms with Gasteiger partial charge in [-0.3, -0.25) is 0 Å². The van der Waals surface area contributed by atoms with Crippen molar-refractivity contribution in [3.8, 4) is 0 Å². The van der Waals surface area contributed by atoms with Crippen molar-refractivity contribution in [1.82, 2.24) is 9.97 Å². The Hall–Kier alpha value is -1.04. The Balaban J connectivity index is 3.14. The lowest BCUT2D eigenvalue weighted by molar-refractivity contribution is -0.141. The first-order valence-corrected chi connectivity index (χ1v) is 3.14. The van der Waals surface area contributed by atoms with Crippen LogP contribution in [0.15, 0.2) is 6.20 Å². The number of aromatic nitrogens is 2. The van der Waals surface area contributed by atoms with Crippen LogP contribution in [0.4, 0.5) is 19.0 Å². The molecule has 2 N–H and O–H groups in total. The van der Waals surface area contributed by atoms with Crippen LogP contribution in [-0.4, -0.2) is 9.97 Å². The molecule has 0 aliphatic rings. The van der Waals surface area contributed by atoms with Gasteiger partial charge in [-0.2, -0.15) is 13.2 Å². The Bertz CT molecular complexity index is 298. The topological polar surface area (TPSA) is 51.8 Å². The third kappa shape index (κ3) is 1.76. The quantitative estimate of drug-likeness (QED) is 0.689. The molecule has 0 saturated carbocycles. The zero-order valence-corrected chi connectivity index (χ0v) is 6.32. The van der Waals surface area contributed by atoms with Gasteiger partial charge >= 0.3 is 6.18 Å². The monoisotopic (exact) mass is 197 g/mol. The minimum Gasteiger partial charge on any atom is -0.381 e. The lowest BCUT2D eigenvalue weighted by atomic mass is 10.4. The highest BCUT2D eigenvalue weighted by Gasteiger charge is 2.33. The molecule has 0 radical (unpaired) electrons. The first-order chi connectivity index (χ1) is 5.41. The number of alkyl halides is 3. The zero-order chi connectivity index (χ0) is 9.35. The number of rotatable bonds is 0. The standard InChI is InChI=1S/C5H3ClF3N3/c6-3-4(10)11-1-2(12-3)5(7,8)9/h1H,(H2,10,11). The van der Waals surface area contributed by atoms with E-state index >= 15 is 0 Å². The second-order valence-electron chi connectivity index (χ2n) is 1.93. The van der Waals surface area contributed by atoms with E-state index in [0.29, 0.717) is 6.20 Å². The van der Waals surface area contributed by atoms with E-state index in [1.807, 2.05) is 0 Å². The molecule has 1 aromatic heterocycles. The Kier molecular flexibility index (Phi) is 2.10. The van der Waals surface area contributed by atoms with Gasteiger partial charge in [0, 0.05) is 0 Å². The van der Waals surface area contributed by atoms with E-state index in [9.17, 15) is 13.2 Å². The zero-order valence-electron chi connectivity index (χ0n) is 5.56. The average molecular weight is 198 g/mol. The Morgan fingerprint density at radius 2 is 2.00 bits per heavy atom. The van der Waals surface area contributed by atoms with Crippen LogP contribution in [0, 0.1) is 0 Å². The molecule has 0 atom stereocenters. The fraction of sp³-hybridized carbons (Fsp3) is 0.200. The van der Waals surface area contributed by atoms with Gasteiger partial charge in [-0.15, -0.1) is 0 Å². The molecular formula is C5H3ClF3N3. The van der Waals surface area contributed by atoms with Crippen molar-refractivity contribution in [2.24, 2.45) is 0 Å². The summed E-state index contributed by atoms with van der Waals surface area (Å²) in [6.07, 6.45) is -4.01. The molecular weight excluding hydrogens is 195 g/mol. The van der Waals surface area contributed by atoms with Crippen molar-refractivity contribution in [3.63, 3.8) is 0 Å². The lowest BCUT2D eigenvalue weighted by Crippen LogP contribution is -2.09. The summed E-state index contributed by atoms with van der Waals surface area (Å²) in [7, 11) is 0. The molecule has 7 heteroatoms. The fourth-order valence-corrected chi connectivity index (χ4v) is 0.652. The van der Waals surface area contributed by atoms with Gasteiger partial charge in [0.2, 0.25) is 0 Å². The molecule has 66 valence electrons. The van der Waals surface area contributed by atoms with E-state index < -0.39 is 17.0 Å². The molecule has 12 heavy (non-hydrogen) atoms. The smallest absolute Gasteiger partial charge is 0.381 e. The van der Waals surface area contributed by atoms with Crippen LogP contribution in [0.2, 0.25) is 5.15 Å². The van der Waals surface area contributed by atoms with Crippen LogP contribution < -0.4 is 5.73 Å². The van der Waals surface area contributed by atoms with Crippen LogP contribution in [-0.2, 0) is 6.18 Å². The molecule has 0 aliphatic carbocycles. The maximum Gasteiger partial charge on any atom is 0.434 e. The molecule has 0 amide bonds. The third-order valence-electron chi connectivity index (χ3n) is 1.05. The highest BCUT2D eigenvalue weighted by molar-refractivity contribution is 6.31. The summed E-state index contributed by atoms with van der Waals surface area (Å²) in [5.41, 5.74) is 3.91. The average Bonchev–Trinajstić information content (AvgIpc) is 1.92. The van der Waals surface area contributed by atoms with Crippen LogP contribution in [0.1, 0.15) is 5.69 Å². The first kappa shape index (κ1) is 9.05. The van der Waals surface area contributed by atoms with Crippen molar-refractivity contribution in [1.29, 1.82) is 0 Å². The van der Waals surface area contributed by atoms with Gasteiger partial charge in [0.25, 0.3) is 0 Å². The van der Waals surface area contributed by atoms with Gasteiger partial charge in [-0.25, -0.2) is 9.97 Å². The number of hydrogen-bond acceptors (Lipinski definition) is 3. The van der Waals surface area contributed by atoms with E-state index in [0.717, 1.165) is 0 Å². The molecule has 0 bridgehead atoms. The molecule has 3 nitrogen and oxygen atoms in total. The van der Waals surface area contributed by atoms with E-state index in [2.05, 4.69) is 9.97 Å².